The topological polar surface area (TPSA) is 204 Å². The van der Waals surface area contributed by atoms with Crippen LogP contribution in [0.1, 0.15) is 0 Å². The fourth-order valence-corrected chi connectivity index (χ4v) is 3.97. The molecule has 0 aromatic carbocycles. The minimum absolute atomic E-state index is 1.18. The summed E-state index contributed by atoms with van der Waals surface area (Å²) in [4.78, 5) is 52.4. The van der Waals surface area contributed by atoms with E-state index in [2.05, 4.69) is 35.4 Å². The Morgan fingerprint density at radius 2 is 0.556 bits per heavy atom. The van der Waals surface area contributed by atoms with Gasteiger partial charge in [0, 0.05) is 56.9 Å². The third-order valence-corrected chi connectivity index (χ3v) is 8.61. The summed E-state index contributed by atoms with van der Waals surface area (Å²) >= 11 is 0. The van der Waals surface area contributed by atoms with E-state index in [1.54, 1.807) is 0 Å². The van der Waals surface area contributed by atoms with Crippen LogP contribution in [0.25, 0.3) is 0 Å². The molecule has 0 unspecified atom stereocenters. The van der Waals surface area contributed by atoms with Crippen LogP contribution in [0.5, 0.6) is 0 Å². The van der Waals surface area contributed by atoms with Gasteiger partial charge in [-0.1, -0.05) is 0 Å². The molecule has 0 aromatic heterocycles. The van der Waals surface area contributed by atoms with E-state index in [4.69, 9.17) is 23.3 Å². The van der Waals surface area contributed by atoms with Crippen molar-refractivity contribution >= 4 is 36.2 Å². The predicted octanol–water partition coefficient (Wildman–Crippen LogP) is -4.16. The lowest BCUT2D eigenvalue weighted by molar-refractivity contribution is -0.00622. The quantitative estimate of drug-likeness (QED) is 0.165. The monoisotopic (exact) mass is 478 g/mol. The summed E-state index contributed by atoms with van der Waals surface area (Å²) in [5.41, 5.74) is 0. The summed E-state index contributed by atoms with van der Waals surface area (Å²) in [5, 5.41) is 0. The van der Waals surface area contributed by atoms with E-state index in [-0.39, 0.29) is 0 Å². The van der Waals surface area contributed by atoms with Gasteiger partial charge in [0.25, 0.3) is 0 Å². The van der Waals surface area contributed by atoms with Gasteiger partial charge in [0.2, 0.25) is 0 Å². The molecule has 0 aliphatic heterocycles. The molecular formula is C8H30O15Si4. The lowest BCUT2D eigenvalue weighted by Gasteiger charge is -2.26. The average Bonchev–Trinajstić information content (AvgIpc) is 2.68. The Balaban J connectivity index is -0.000000350. The normalized spacial score (nSPS) is 12.7. The van der Waals surface area contributed by atoms with Crippen LogP contribution in [0.2, 0.25) is 0 Å². The highest BCUT2D eigenvalue weighted by Gasteiger charge is 2.53. The highest BCUT2D eigenvalue weighted by atomic mass is 28.5. The number of hydrogen-bond donors (Lipinski definition) is 6. The predicted molar refractivity (Wildman–Crippen MR) is 93.5 cm³/mol. The van der Waals surface area contributed by atoms with Gasteiger partial charge in [-0.25, -0.2) is 0 Å². The molecule has 0 rings (SSSR count). The minimum Gasteiger partial charge on any atom is -0.368 e. The van der Waals surface area contributed by atoms with Gasteiger partial charge < -0.3 is 68.3 Å². The van der Waals surface area contributed by atoms with Crippen molar-refractivity contribution in [1.29, 1.82) is 0 Å². The first-order valence-corrected chi connectivity index (χ1v) is 13.4. The van der Waals surface area contributed by atoms with Gasteiger partial charge in [0.15, 0.2) is 0 Å². The second-order valence-electron chi connectivity index (χ2n) is 3.88. The fourth-order valence-electron chi connectivity index (χ4n) is 0.663. The Labute approximate surface area is 162 Å². The van der Waals surface area contributed by atoms with Crippen LogP contribution in [0.4, 0.5) is 0 Å². The Morgan fingerprint density at radius 3 is 0.630 bits per heavy atom. The van der Waals surface area contributed by atoms with Crippen molar-refractivity contribution in [1.82, 2.24) is 0 Å². The Kier molecular flexibility index (Phi) is 17.9. The van der Waals surface area contributed by atoms with Crippen molar-refractivity contribution in [2.45, 2.75) is 0 Å². The second kappa shape index (κ2) is 15.2. The Hall–Kier alpha value is 0.268. The average molecular weight is 479 g/mol. The Morgan fingerprint density at radius 1 is 0.370 bits per heavy atom. The number of hydrogen-bond acceptors (Lipinski definition) is 15. The molecule has 0 aliphatic rings. The van der Waals surface area contributed by atoms with Gasteiger partial charge in [0.1, 0.15) is 0 Å². The number of rotatable bonds is 10. The van der Waals surface area contributed by atoms with E-state index in [1.165, 1.54) is 56.9 Å². The van der Waals surface area contributed by atoms with E-state index in [0.717, 1.165) is 0 Å². The van der Waals surface area contributed by atoms with E-state index in [9.17, 15) is 9.59 Å². The van der Waals surface area contributed by atoms with Crippen LogP contribution in [0.3, 0.4) is 0 Å². The molecule has 0 amide bonds. The molecule has 0 fully saturated rings. The molecule has 0 bridgehead atoms. The van der Waals surface area contributed by atoms with Crippen LogP contribution in [0, 0.1) is 0 Å². The largest absolute Gasteiger partial charge is 0.673 e. The maximum Gasteiger partial charge on any atom is 0.673 e. The molecule has 6 N–H and O–H groups in total. The molecular weight excluding hydrogens is 448 g/mol. The van der Waals surface area contributed by atoms with Gasteiger partial charge in [-0.3, -0.25) is 0 Å². The van der Waals surface area contributed by atoms with Gasteiger partial charge in [-0.05, 0) is 0 Å². The molecule has 0 heterocycles. The van der Waals surface area contributed by atoms with Crippen LogP contribution >= 0.6 is 0 Å². The van der Waals surface area contributed by atoms with E-state index < -0.39 is 36.2 Å². The van der Waals surface area contributed by atoms with Crippen LogP contribution in [0.15, 0.2) is 0 Å². The summed E-state index contributed by atoms with van der Waals surface area (Å²) in [7, 11) is -5.46. The second-order valence-corrected chi connectivity index (χ2v) is 12.3. The highest BCUT2D eigenvalue weighted by molar-refractivity contribution is 6.66. The standard InChI is InChI=1S/C4H14O7Si2.2C2H8O4Si/c1-7-12(5,8-2)11-13(6,9-3)10-4;2*1-5-7(3,4)6-2/h5-6H,1-4H3;2*3-4H,1-2H3. The lowest BCUT2D eigenvalue weighted by Crippen LogP contribution is -2.57. The van der Waals surface area contributed by atoms with E-state index >= 15 is 0 Å². The fraction of sp³-hybridized carbons (Fsp3) is 1.00. The molecule has 0 saturated heterocycles. The maximum absolute atomic E-state index is 9.41. The van der Waals surface area contributed by atoms with Gasteiger partial charge in [-0.2, -0.15) is 0 Å². The molecule has 15 nitrogen and oxygen atoms in total. The summed E-state index contributed by atoms with van der Waals surface area (Å²) in [6, 6.07) is 0. The van der Waals surface area contributed by atoms with Crippen molar-refractivity contribution in [3.05, 3.63) is 0 Å². The molecule has 19 heteroatoms. The molecule has 0 radical (unpaired) electrons. The van der Waals surface area contributed by atoms with Crippen LogP contribution < -0.4 is 0 Å². The first-order chi connectivity index (χ1) is 12.2. The zero-order chi connectivity index (χ0) is 22.4. The van der Waals surface area contributed by atoms with Crippen molar-refractivity contribution in [2.24, 2.45) is 0 Å². The van der Waals surface area contributed by atoms with Crippen molar-refractivity contribution in [3.8, 4) is 0 Å². The third kappa shape index (κ3) is 16.9. The van der Waals surface area contributed by atoms with Crippen molar-refractivity contribution < 1.29 is 68.3 Å². The first kappa shape index (κ1) is 31.9. The van der Waals surface area contributed by atoms with Crippen molar-refractivity contribution in [3.63, 3.8) is 0 Å². The van der Waals surface area contributed by atoms with E-state index in [0.29, 0.717) is 0 Å². The zero-order valence-electron chi connectivity index (χ0n) is 16.4. The zero-order valence-corrected chi connectivity index (χ0v) is 20.4. The molecule has 168 valence electrons. The SMILES string of the molecule is CO[Si](O)(O)OC.CO[Si](O)(O)OC.CO[Si](O)(OC)O[Si](O)(OC)OC. The van der Waals surface area contributed by atoms with Crippen LogP contribution in [-0.2, 0) is 39.5 Å². The van der Waals surface area contributed by atoms with E-state index in [1.807, 2.05) is 0 Å². The van der Waals surface area contributed by atoms with Crippen LogP contribution in [-0.4, -0.2) is 122 Å². The molecule has 27 heavy (non-hydrogen) atoms. The molecule has 0 aromatic rings. The van der Waals surface area contributed by atoms with Crippen molar-refractivity contribution in [2.75, 3.05) is 56.9 Å². The Bertz CT molecular complexity index is 307. The van der Waals surface area contributed by atoms with Gasteiger partial charge in [-0.15, -0.1) is 0 Å². The first-order valence-electron chi connectivity index (χ1n) is 6.65. The maximum atomic E-state index is 9.41. The summed E-state index contributed by atoms with van der Waals surface area (Å²) in [5.74, 6) is 0. The summed E-state index contributed by atoms with van der Waals surface area (Å²) in [6.07, 6.45) is 0. The van der Waals surface area contributed by atoms with Gasteiger partial charge >= 0.3 is 36.2 Å². The third-order valence-electron chi connectivity index (χ3n) is 2.35. The smallest absolute Gasteiger partial charge is 0.368 e. The lowest BCUT2D eigenvalue weighted by atomic mass is 11.8. The summed E-state index contributed by atoms with van der Waals surface area (Å²) in [6.45, 7) is 0. The molecule has 0 spiro atoms. The minimum atomic E-state index is -3.81. The summed E-state index contributed by atoms with van der Waals surface area (Å²) < 4.78 is 39.4. The molecule has 0 aliphatic carbocycles. The van der Waals surface area contributed by atoms with Gasteiger partial charge in [0.05, 0.1) is 0 Å². The molecule has 0 saturated carbocycles. The highest BCUT2D eigenvalue weighted by Crippen LogP contribution is 2.11. The molecule has 0 atom stereocenters.